The van der Waals surface area contributed by atoms with Crippen LogP contribution in [-0.4, -0.2) is 59.1 Å². The predicted molar refractivity (Wildman–Crippen MR) is 105 cm³/mol. The van der Waals surface area contributed by atoms with Crippen molar-refractivity contribution in [2.75, 3.05) is 26.3 Å². The Hall–Kier alpha value is -1.56. The van der Waals surface area contributed by atoms with E-state index in [1.54, 1.807) is 0 Å². The standard InChI is InChI=1S/C22H30N2O3/c25-21-15-26-14-20(21)23-11-8-17(9-12-23)27-22-7-3-6-19-18(22)10-13-24(19)16-4-1-2-5-16/h3,6-7,10,13,16-17,20-21,25H,1-2,4-5,8-9,11-12,14-15H2. The van der Waals surface area contributed by atoms with Crippen molar-refractivity contribution in [3.8, 4) is 5.75 Å². The minimum Gasteiger partial charge on any atom is -0.490 e. The number of benzene rings is 1. The van der Waals surface area contributed by atoms with Gasteiger partial charge in [-0.15, -0.1) is 0 Å². The van der Waals surface area contributed by atoms with Crippen LogP contribution < -0.4 is 4.74 Å². The Bertz CT molecular complexity index is 775. The molecule has 1 aliphatic carbocycles. The van der Waals surface area contributed by atoms with Crippen LogP contribution in [0.15, 0.2) is 30.5 Å². The van der Waals surface area contributed by atoms with E-state index < -0.39 is 0 Å². The van der Waals surface area contributed by atoms with E-state index in [-0.39, 0.29) is 18.2 Å². The monoisotopic (exact) mass is 370 g/mol. The van der Waals surface area contributed by atoms with Crippen molar-refractivity contribution < 1.29 is 14.6 Å². The van der Waals surface area contributed by atoms with Crippen LogP contribution in [0.4, 0.5) is 0 Å². The summed E-state index contributed by atoms with van der Waals surface area (Å²) in [6.45, 7) is 3.06. The van der Waals surface area contributed by atoms with E-state index in [9.17, 15) is 5.11 Å². The summed E-state index contributed by atoms with van der Waals surface area (Å²) >= 11 is 0. The molecule has 3 fully saturated rings. The van der Waals surface area contributed by atoms with Gasteiger partial charge in [-0.25, -0.2) is 0 Å². The van der Waals surface area contributed by atoms with Crippen LogP contribution in [0.5, 0.6) is 5.75 Å². The van der Waals surface area contributed by atoms with Gasteiger partial charge in [0, 0.05) is 30.7 Å². The molecule has 2 aliphatic heterocycles. The Morgan fingerprint density at radius 3 is 2.56 bits per heavy atom. The molecule has 0 amide bonds. The van der Waals surface area contributed by atoms with Gasteiger partial charge in [0.05, 0.1) is 30.9 Å². The molecule has 1 saturated carbocycles. The van der Waals surface area contributed by atoms with Gasteiger partial charge >= 0.3 is 0 Å². The van der Waals surface area contributed by atoms with Crippen molar-refractivity contribution in [1.29, 1.82) is 0 Å². The molecule has 5 nitrogen and oxygen atoms in total. The molecule has 5 rings (SSSR count). The van der Waals surface area contributed by atoms with E-state index in [0.717, 1.165) is 31.7 Å². The number of ether oxygens (including phenoxy) is 2. The van der Waals surface area contributed by atoms with Gasteiger partial charge in [0.15, 0.2) is 0 Å². The van der Waals surface area contributed by atoms with E-state index >= 15 is 0 Å². The maximum atomic E-state index is 10.1. The lowest BCUT2D eigenvalue weighted by Crippen LogP contribution is -2.48. The molecule has 1 aromatic carbocycles. The van der Waals surface area contributed by atoms with Gasteiger partial charge in [-0.3, -0.25) is 4.90 Å². The number of aliphatic hydroxyl groups excluding tert-OH is 1. The first kappa shape index (κ1) is 17.5. The lowest BCUT2D eigenvalue weighted by atomic mass is 10.0. The third-order valence-electron chi connectivity index (χ3n) is 6.70. The van der Waals surface area contributed by atoms with Crippen LogP contribution >= 0.6 is 0 Å². The van der Waals surface area contributed by atoms with Gasteiger partial charge in [0.25, 0.3) is 0 Å². The number of fused-ring (bicyclic) bond motifs is 1. The molecule has 2 aromatic rings. The Labute approximate surface area is 160 Å². The molecule has 3 heterocycles. The average Bonchev–Trinajstić information content (AvgIpc) is 3.43. The van der Waals surface area contributed by atoms with Crippen molar-refractivity contribution in [2.45, 2.75) is 62.8 Å². The summed E-state index contributed by atoms with van der Waals surface area (Å²) in [5, 5.41) is 11.3. The Morgan fingerprint density at radius 1 is 1.00 bits per heavy atom. The second-order valence-corrected chi connectivity index (χ2v) is 8.38. The second-order valence-electron chi connectivity index (χ2n) is 8.38. The maximum absolute atomic E-state index is 10.1. The minimum atomic E-state index is -0.341. The molecular formula is C22H30N2O3. The van der Waals surface area contributed by atoms with E-state index in [4.69, 9.17) is 9.47 Å². The van der Waals surface area contributed by atoms with Crippen LogP contribution in [0.25, 0.3) is 10.9 Å². The molecule has 0 bridgehead atoms. The number of aliphatic hydroxyl groups is 1. The second kappa shape index (κ2) is 7.46. The summed E-state index contributed by atoms with van der Waals surface area (Å²) in [5.74, 6) is 1.02. The van der Waals surface area contributed by atoms with E-state index in [0.29, 0.717) is 19.3 Å². The predicted octanol–water partition coefficient (Wildman–Crippen LogP) is 3.36. The topological polar surface area (TPSA) is 46.9 Å². The summed E-state index contributed by atoms with van der Waals surface area (Å²) in [4.78, 5) is 2.37. The molecule has 2 unspecified atom stereocenters. The lowest BCUT2D eigenvalue weighted by Gasteiger charge is -2.36. The fourth-order valence-corrected chi connectivity index (χ4v) is 5.15. The van der Waals surface area contributed by atoms with Crippen molar-refractivity contribution in [3.05, 3.63) is 30.5 Å². The minimum absolute atomic E-state index is 0.162. The van der Waals surface area contributed by atoms with E-state index in [2.05, 4.69) is 39.9 Å². The maximum Gasteiger partial charge on any atom is 0.129 e. The van der Waals surface area contributed by atoms with Crippen molar-refractivity contribution in [3.63, 3.8) is 0 Å². The van der Waals surface area contributed by atoms with Crippen LogP contribution in [0.3, 0.4) is 0 Å². The highest BCUT2D eigenvalue weighted by Gasteiger charge is 2.34. The van der Waals surface area contributed by atoms with Crippen molar-refractivity contribution >= 4 is 10.9 Å². The molecule has 1 aromatic heterocycles. The van der Waals surface area contributed by atoms with E-state index in [1.807, 2.05) is 0 Å². The summed E-state index contributed by atoms with van der Waals surface area (Å²) in [5.41, 5.74) is 1.31. The Kier molecular flexibility index (Phi) is 4.84. The molecule has 3 aliphatic rings. The molecule has 2 atom stereocenters. The molecule has 0 radical (unpaired) electrons. The summed E-state index contributed by atoms with van der Waals surface area (Å²) in [6.07, 6.45) is 9.45. The molecule has 27 heavy (non-hydrogen) atoms. The first-order valence-electron chi connectivity index (χ1n) is 10.6. The Morgan fingerprint density at radius 2 is 1.81 bits per heavy atom. The normalized spacial score (nSPS) is 28.3. The summed E-state index contributed by atoms with van der Waals surface area (Å²) < 4.78 is 14.3. The van der Waals surface area contributed by atoms with Gasteiger partial charge in [-0.05, 0) is 43.9 Å². The third-order valence-corrected chi connectivity index (χ3v) is 6.70. The smallest absolute Gasteiger partial charge is 0.129 e. The van der Waals surface area contributed by atoms with E-state index in [1.165, 1.54) is 36.6 Å². The number of hydrogen-bond donors (Lipinski definition) is 1. The number of likely N-dealkylation sites (tertiary alicyclic amines) is 1. The zero-order valence-corrected chi connectivity index (χ0v) is 15.9. The zero-order valence-electron chi connectivity index (χ0n) is 15.9. The van der Waals surface area contributed by atoms with Gasteiger partial charge in [0.1, 0.15) is 11.9 Å². The molecule has 1 N–H and O–H groups in total. The van der Waals surface area contributed by atoms with Gasteiger partial charge < -0.3 is 19.1 Å². The number of aromatic nitrogens is 1. The van der Waals surface area contributed by atoms with Crippen LogP contribution in [0, 0.1) is 0 Å². The van der Waals surface area contributed by atoms with Crippen LogP contribution in [-0.2, 0) is 4.74 Å². The third kappa shape index (κ3) is 3.37. The van der Waals surface area contributed by atoms with Crippen LogP contribution in [0.1, 0.15) is 44.6 Å². The van der Waals surface area contributed by atoms with Gasteiger partial charge in [-0.1, -0.05) is 18.9 Å². The first-order valence-corrected chi connectivity index (χ1v) is 10.6. The number of hydrogen-bond acceptors (Lipinski definition) is 4. The molecular weight excluding hydrogens is 340 g/mol. The Balaban J connectivity index is 1.27. The number of piperidine rings is 1. The SMILES string of the molecule is OC1COCC1N1CCC(Oc2cccc3c2ccn3C2CCCC2)CC1. The highest BCUT2D eigenvalue weighted by molar-refractivity contribution is 5.86. The quantitative estimate of drug-likeness (QED) is 0.897. The van der Waals surface area contributed by atoms with Crippen molar-refractivity contribution in [1.82, 2.24) is 9.47 Å². The molecule has 5 heteroatoms. The van der Waals surface area contributed by atoms with Crippen molar-refractivity contribution in [2.24, 2.45) is 0 Å². The van der Waals surface area contributed by atoms with Crippen LogP contribution in [0.2, 0.25) is 0 Å². The van der Waals surface area contributed by atoms with Gasteiger partial charge in [-0.2, -0.15) is 0 Å². The fraction of sp³-hybridized carbons (Fsp3) is 0.636. The number of nitrogens with zero attached hydrogens (tertiary/aromatic N) is 2. The lowest BCUT2D eigenvalue weighted by molar-refractivity contribution is 0.0366. The summed E-state index contributed by atoms with van der Waals surface area (Å²) in [7, 11) is 0. The molecule has 146 valence electrons. The molecule has 2 saturated heterocycles. The zero-order chi connectivity index (χ0) is 18.2. The van der Waals surface area contributed by atoms with Gasteiger partial charge in [0.2, 0.25) is 0 Å². The highest BCUT2D eigenvalue weighted by Crippen LogP contribution is 2.36. The molecule has 0 spiro atoms. The largest absolute Gasteiger partial charge is 0.490 e. The first-order chi connectivity index (χ1) is 13.3. The summed E-state index contributed by atoms with van der Waals surface area (Å²) in [6, 6.07) is 9.51. The number of rotatable bonds is 4. The average molecular weight is 370 g/mol. The highest BCUT2D eigenvalue weighted by atomic mass is 16.5. The fourth-order valence-electron chi connectivity index (χ4n) is 5.15.